The Labute approximate surface area is 184 Å². The molecule has 3 amide bonds. The Kier molecular flexibility index (Phi) is 5.40. The number of hydrogen-bond acceptors (Lipinski definition) is 4. The third kappa shape index (κ3) is 3.60. The van der Waals surface area contributed by atoms with Gasteiger partial charge >= 0.3 is 6.03 Å². The minimum atomic E-state index is -2.85. The molecule has 2 N–H and O–H groups in total. The molecule has 1 aromatic carbocycles. The van der Waals surface area contributed by atoms with Gasteiger partial charge in [0.15, 0.2) is 5.78 Å². The van der Waals surface area contributed by atoms with Gasteiger partial charge in [-0.25, -0.2) is 13.6 Å². The number of alkyl halides is 2. The number of Topliss-reactive ketones (excluding diaryl/α,β-unsaturated/α-hetero) is 1. The summed E-state index contributed by atoms with van der Waals surface area (Å²) in [7, 11) is 1.71. The summed E-state index contributed by atoms with van der Waals surface area (Å²) < 4.78 is 28.8. The monoisotopic (exact) mass is 445 g/mol. The molecule has 7 nitrogen and oxygen atoms in total. The molecule has 1 saturated carbocycles. The minimum absolute atomic E-state index is 0.152. The van der Waals surface area contributed by atoms with Crippen LogP contribution in [0.25, 0.3) is 11.3 Å². The largest absolute Gasteiger partial charge is 0.392 e. The van der Waals surface area contributed by atoms with Gasteiger partial charge in [-0.05, 0) is 37.0 Å². The van der Waals surface area contributed by atoms with Crippen molar-refractivity contribution in [3.8, 4) is 11.3 Å². The molecule has 1 saturated heterocycles. The molecule has 0 atom stereocenters. The number of rotatable bonds is 5. The van der Waals surface area contributed by atoms with Gasteiger partial charge in [0, 0.05) is 25.5 Å². The summed E-state index contributed by atoms with van der Waals surface area (Å²) in [5.41, 5.74) is 2.00. The number of benzene rings is 1. The summed E-state index contributed by atoms with van der Waals surface area (Å²) in [5.74, 6) is -3.91. The van der Waals surface area contributed by atoms with E-state index in [-0.39, 0.29) is 19.4 Å². The number of aromatic nitrogens is 1. The van der Waals surface area contributed by atoms with E-state index in [1.807, 2.05) is 25.1 Å². The fourth-order valence-electron chi connectivity index (χ4n) is 4.73. The van der Waals surface area contributed by atoms with Crippen molar-refractivity contribution < 1.29 is 28.3 Å². The lowest BCUT2D eigenvalue weighted by Gasteiger charge is -2.34. The Morgan fingerprint density at radius 2 is 1.81 bits per heavy atom. The number of carbonyl (C=O) groups is 3. The highest BCUT2D eigenvalue weighted by Crippen LogP contribution is 2.41. The molecule has 170 valence electrons. The standard InChI is InChI=1S/C23H25F2N3O4/c1-14-11-17(27(2)19(14)16-6-4-3-5-15(16)13-29)18(30)12-28-20(31)22(26-21(28)32)7-9-23(24,25)10-8-22/h3-6,11,29H,7-10,12-13H2,1-2H3,(H,26,32). The molecule has 32 heavy (non-hydrogen) atoms. The fourth-order valence-corrected chi connectivity index (χ4v) is 4.73. The van der Waals surface area contributed by atoms with E-state index < -0.39 is 48.6 Å². The maximum Gasteiger partial charge on any atom is 0.325 e. The molecule has 0 bridgehead atoms. The van der Waals surface area contributed by atoms with Gasteiger partial charge in [0.25, 0.3) is 5.91 Å². The van der Waals surface area contributed by atoms with Gasteiger partial charge in [-0.1, -0.05) is 24.3 Å². The third-order valence-corrected chi connectivity index (χ3v) is 6.53. The predicted molar refractivity (Wildman–Crippen MR) is 112 cm³/mol. The number of aliphatic hydroxyl groups is 1. The normalized spacial score (nSPS) is 19.5. The van der Waals surface area contributed by atoms with Crippen LogP contribution in [0.15, 0.2) is 30.3 Å². The summed E-state index contributed by atoms with van der Waals surface area (Å²) in [6, 6.07) is 8.24. The first-order chi connectivity index (χ1) is 15.1. The minimum Gasteiger partial charge on any atom is -0.392 e. The summed E-state index contributed by atoms with van der Waals surface area (Å²) >= 11 is 0. The molecule has 0 radical (unpaired) electrons. The SMILES string of the molecule is Cc1cc(C(=O)CN2C(=O)NC3(CCC(F)(F)CC3)C2=O)n(C)c1-c1ccccc1CO. The first kappa shape index (κ1) is 22.1. The van der Waals surface area contributed by atoms with Crippen LogP contribution in [0.4, 0.5) is 13.6 Å². The highest BCUT2D eigenvalue weighted by Gasteiger charge is 2.55. The van der Waals surface area contributed by atoms with Gasteiger partial charge in [-0.15, -0.1) is 0 Å². The van der Waals surface area contributed by atoms with Gasteiger partial charge in [0.05, 0.1) is 24.5 Å². The number of ketones is 1. The van der Waals surface area contributed by atoms with Crippen LogP contribution in [0.1, 0.15) is 47.3 Å². The van der Waals surface area contributed by atoms with E-state index in [9.17, 15) is 28.3 Å². The molecule has 1 spiro atoms. The lowest BCUT2D eigenvalue weighted by Crippen LogP contribution is -2.51. The Morgan fingerprint density at radius 1 is 1.16 bits per heavy atom. The highest BCUT2D eigenvalue weighted by atomic mass is 19.3. The van der Waals surface area contributed by atoms with E-state index in [1.165, 1.54) is 0 Å². The van der Waals surface area contributed by atoms with E-state index in [0.717, 1.165) is 21.7 Å². The van der Waals surface area contributed by atoms with Crippen molar-refractivity contribution in [3.63, 3.8) is 0 Å². The Balaban J connectivity index is 1.58. The maximum absolute atomic E-state index is 13.6. The van der Waals surface area contributed by atoms with Crippen molar-refractivity contribution in [2.75, 3.05) is 6.54 Å². The van der Waals surface area contributed by atoms with Gasteiger partial charge in [-0.3, -0.25) is 14.5 Å². The van der Waals surface area contributed by atoms with Crippen LogP contribution in [-0.2, 0) is 18.4 Å². The van der Waals surface area contributed by atoms with Crippen LogP contribution in [0.5, 0.6) is 0 Å². The van der Waals surface area contributed by atoms with E-state index in [0.29, 0.717) is 11.3 Å². The van der Waals surface area contributed by atoms with E-state index in [2.05, 4.69) is 5.32 Å². The van der Waals surface area contributed by atoms with Crippen LogP contribution in [0.2, 0.25) is 0 Å². The summed E-state index contributed by atoms with van der Waals surface area (Å²) in [4.78, 5) is 39.3. The fraction of sp³-hybridized carbons (Fsp3) is 0.435. The lowest BCUT2D eigenvalue weighted by atomic mass is 9.80. The molecule has 2 fully saturated rings. The molecule has 2 aromatic rings. The molecule has 9 heteroatoms. The molecule has 0 unspecified atom stereocenters. The molecule has 2 heterocycles. The average Bonchev–Trinajstić information content (AvgIpc) is 3.18. The number of halogens is 2. The summed E-state index contributed by atoms with van der Waals surface area (Å²) in [5, 5.41) is 12.2. The van der Waals surface area contributed by atoms with Gasteiger partial charge in [0.1, 0.15) is 5.54 Å². The second-order valence-electron chi connectivity index (χ2n) is 8.62. The van der Waals surface area contributed by atoms with Crippen LogP contribution in [0.3, 0.4) is 0 Å². The van der Waals surface area contributed by atoms with E-state index in [1.54, 1.807) is 23.7 Å². The summed E-state index contributed by atoms with van der Waals surface area (Å²) in [6.07, 6.45) is -1.27. The number of nitrogens with zero attached hydrogens (tertiary/aromatic N) is 2. The molecule has 1 aliphatic carbocycles. The van der Waals surface area contributed by atoms with Gasteiger partial charge < -0.3 is 15.0 Å². The number of hydrogen-bond donors (Lipinski definition) is 2. The van der Waals surface area contributed by atoms with Gasteiger partial charge in [0.2, 0.25) is 5.92 Å². The number of imide groups is 1. The lowest BCUT2D eigenvalue weighted by molar-refractivity contribution is -0.135. The highest BCUT2D eigenvalue weighted by molar-refractivity contribution is 6.11. The smallest absolute Gasteiger partial charge is 0.325 e. The van der Waals surface area contributed by atoms with Crippen LogP contribution in [0, 0.1) is 6.92 Å². The number of carbonyl (C=O) groups excluding carboxylic acids is 3. The zero-order valence-corrected chi connectivity index (χ0v) is 18.0. The van der Waals surface area contributed by atoms with E-state index >= 15 is 0 Å². The topological polar surface area (TPSA) is 91.6 Å². The molecular weight excluding hydrogens is 420 g/mol. The van der Waals surface area contributed by atoms with Crippen molar-refractivity contribution in [1.82, 2.24) is 14.8 Å². The predicted octanol–water partition coefficient (Wildman–Crippen LogP) is 3.18. The van der Waals surface area contributed by atoms with Crippen molar-refractivity contribution in [2.24, 2.45) is 7.05 Å². The second-order valence-corrected chi connectivity index (χ2v) is 8.62. The first-order valence-electron chi connectivity index (χ1n) is 10.5. The zero-order chi connectivity index (χ0) is 23.3. The Morgan fingerprint density at radius 3 is 2.47 bits per heavy atom. The van der Waals surface area contributed by atoms with Crippen LogP contribution in [-0.4, -0.2) is 50.3 Å². The van der Waals surface area contributed by atoms with E-state index in [4.69, 9.17) is 0 Å². The molecule has 1 aliphatic heterocycles. The van der Waals surface area contributed by atoms with Crippen molar-refractivity contribution in [2.45, 2.75) is 50.7 Å². The molecule has 2 aliphatic rings. The average molecular weight is 445 g/mol. The maximum atomic E-state index is 13.6. The number of nitrogens with one attached hydrogen (secondary N) is 1. The summed E-state index contributed by atoms with van der Waals surface area (Å²) in [6.45, 7) is 1.21. The third-order valence-electron chi connectivity index (χ3n) is 6.53. The zero-order valence-electron chi connectivity index (χ0n) is 18.0. The quantitative estimate of drug-likeness (QED) is 0.546. The first-order valence-corrected chi connectivity index (χ1v) is 10.5. The number of amides is 3. The van der Waals surface area contributed by atoms with Gasteiger partial charge in [-0.2, -0.15) is 0 Å². The molecule has 1 aromatic heterocycles. The van der Waals surface area contributed by atoms with Crippen molar-refractivity contribution >= 4 is 17.7 Å². The van der Waals surface area contributed by atoms with Crippen molar-refractivity contribution in [3.05, 3.63) is 47.2 Å². The van der Waals surface area contributed by atoms with Crippen LogP contribution >= 0.6 is 0 Å². The number of aliphatic hydroxyl groups excluding tert-OH is 1. The Hall–Kier alpha value is -3.07. The van der Waals surface area contributed by atoms with Crippen LogP contribution < -0.4 is 5.32 Å². The van der Waals surface area contributed by atoms with Crippen molar-refractivity contribution in [1.29, 1.82) is 0 Å². The number of aryl methyl sites for hydroxylation is 1. The number of urea groups is 1. The molecular formula is C23H25F2N3O4. The molecule has 4 rings (SSSR count). The second kappa shape index (κ2) is 7.81. The Bertz CT molecular complexity index is 1100.